The van der Waals surface area contributed by atoms with Crippen LogP contribution in [0, 0.1) is 11.3 Å². The Morgan fingerprint density at radius 3 is 2.46 bits per heavy atom. The minimum atomic E-state index is 0.458. The van der Waals surface area contributed by atoms with Crippen molar-refractivity contribution in [1.29, 1.82) is 5.26 Å². The minimum Gasteiger partial charge on any atom is -0.493 e. The van der Waals surface area contributed by atoms with Gasteiger partial charge in [-0.05, 0) is 29.8 Å². The van der Waals surface area contributed by atoms with Gasteiger partial charge >= 0.3 is 0 Å². The molecule has 0 spiro atoms. The average Bonchev–Trinajstić information content (AvgIpc) is 3.07. The lowest BCUT2D eigenvalue weighted by Gasteiger charge is -2.07. The fourth-order valence-electron chi connectivity index (χ4n) is 2.36. The third kappa shape index (κ3) is 4.50. The Morgan fingerprint density at radius 1 is 0.962 bits per heavy atom. The van der Waals surface area contributed by atoms with Gasteiger partial charge in [0.2, 0.25) is 0 Å². The molecule has 0 atom stereocenters. The summed E-state index contributed by atoms with van der Waals surface area (Å²) in [6.45, 7) is 1.03. The van der Waals surface area contributed by atoms with E-state index in [9.17, 15) is 5.26 Å². The van der Waals surface area contributed by atoms with Crippen LogP contribution in [0.25, 0.3) is 11.1 Å². The molecule has 26 heavy (non-hydrogen) atoms. The zero-order valence-corrected chi connectivity index (χ0v) is 16.1. The van der Waals surface area contributed by atoms with Crippen molar-refractivity contribution in [3.8, 4) is 28.0 Å². The summed E-state index contributed by atoms with van der Waals surface area (Å²) in [5, 5.41) is 13.0. The minimum absolute atomic E-state index is 0.458. The fourth-order valence-corrected chi connectivity index (χ4v) is 3.56. The van der Waals surface area contributed by atoms with Crippen LogP contribution in [0.2, 0.25) is 10.0 Å². The summed E-state index contributed by atoms with van der Waals surface area (Å²) >= 11 is 13.4. The van der Waals surface area contributed by atoms with E-state index < -0.39 is 0 Å². The topological polar surface area (TPSA) is 42.2 Å². The number of hydrogen-bond acceptors (Lipinski definition) is 4. The average molecular weight is 404 g/mol. The lowest BCUT2D eigenvalue weighted by atomic mass is 10.1. The van der Waals surface area contributed by atoms with Gasteiger partial charge in [-0.2, -0.15) is 5.26 Å². The largest absolute Gasteiger partial charge is 0.493 e. The standard InChI is InChI=1S/C20H15Cl2NO2S/c21-18-8-7-14(11-19(18)22)17-13-26-20(16(17)12-23)25-10-4-9-24-15-5-2-1-3-6-15/h1-3,5-8,11,13H,4,9-10H2. The molecule has 0 radical (unpaired) electrons. The van der Waals surface area contributed by atoms with Crippen LogP contribution in [0.4, 0.5) is 0 Å². The van der Waals surface area contributed by atoms with Crippen LogP contribution in [-0.4, -0.2) is 13.2 Å². The molecule has 3 rings (SSSR count). The molecule has 0 saturated heterocycles. The van der Waals surface area contributed by atoms with E-state index in [4.69, 9.17) is 32.7 Å². The number of nitrogens with zero attached hydrogens (tertiary/aromatic N) is 1. The van der Waals surface area contributed by atoms with Crippen LogP contribution in [-0.2, 0) is 0 Å². The van der Waals surface area contributed by atoms with E-state index in [1.54, 1.807) is 12.1 Å². The smallest absolute Gasteiger partial charge is 0.192 e. The van der Waals surface area contributed by atoms with Crippen molar-refractivity contribution >= 4 is 34.5 Å². The van der Waals surface area contributed by atoms with Gasteiger partial charge in [-0.3, -0.25) is 0 Å². The van der Waals surface area contributed by atoms with Crippen molar-refractivity contribution in [2.75, 3.05) is 13.2 Å². The van der Waals surface area contributed by atoms with Crippen molar-refractivity contribution in [3.63, 3.8) is 0 Å². The maximum atomic E-state index is 9.52. The molecule has 6 heteroatoms. The number of hydrogen-bond donors (Lipinski definition) is 0. The molecule has 0 amide bonds. The summed E-state index contributed by atoms with van der Waals surface area (Å²) < 4.78 is 11.4. The Balaban J connectivity index is 1.60. The molecule has 0 fully saturated rings. The molecule has 3 nitrogen and oxygen atoms in total. The zero-order valence-electron chi connectivity index (χ0n) is 13.7. The lowest BCUT2D eigenvalue weighted by Crippen LogP contribution is -2.04. The Hall–Kier alpha value is -2.19. The lowest BCUT2D eigenvalue weighted by molar-refractivity contribution is 0.251. The molecule has 1 aromatic heterocycles. The number of nitriles is 1. The van der Waals surface area contributed by atoms with Crippen molar-refractivity contribution in [2.24, 2.45) is 0 Å². The van der Waals surface area contributed by atoms with Crippen molar-refractivity contribution in [1.82, 2.24) is 0 Å². The summed E-state index contributed by atoms with van der Waals surface area (Å²) in [7, 11) is 0. The molecule has 0 aliphatic carbocycles. The molecule has 1 heterocycles. The quantitative estimate of drug-likeness (QED) is 0.426. The highest BCUT2D eigenvalue weighted by molar-refractivity contribution is 7.12. The van der Waals surface area contributed by atoms with Crippen LogP contribution < -0.4 is 9.47 Å². The van der Waals surface area contributed by atoms with Gasteiger partial charge < -0.3 is 9.47 Å². The Bertz CT molecular complexity index is 919. The highest BCUT2D eigenvalue weighted by atomic mass is 35.5. The van der Waals surface area contributed by atoms with Gasteiger partial charge in [0.25, 0.3) is 0 Å². The molecular weight excluding hydrogens is 389 g/mol. The molecular formula is C20H15Cl2NO2S. The Morgan fingerprint density at radius 2 is 1.73 bits per heavy atom. The third-order valence-corrected chi connectivity index (χ3v) is 5.26. The van der Waals surface area contributed by atoms with Crippen LogP contribution in [0.5, 0.6) is 10.8 Å². The highest BCUT2D eigenvalue weighted by Crippen LogP contribution is 2.38. The second-order valence-electron chi connectivity index (χ2n) is 5.42. The molecule has 0 unspecified atom stereocenters. The van der Waals surface area contributed by atoms with Crippen LogP contribution in [0.3, 0.4) is 0 Å². The maximum Gasteiger partial charge on any atom is 0.192 e. The number of thiophene rings is 1. The van der Waals surface area contributed by atoms with Crippen molar-refractivity contribution in [2.45, 2.75) is 6.42 Å². The van der Waals surface area contributed by atoms with E-state index in [-0.39, 0.29) is 0 Å². The normalized spacial score (nSPS) is 10.3. The van der Waals surface area contributed by atoms with E-state index in [1.165, 1.54) is 11.3 Å². The third-order valence-electron chi connectivity index (χ3n) is 3.63. The second-order valence-corrected chi connectivity index (χ2v) is 7.07. The van der Waals surface area contributed by atoms with E-state index in [2.05, 4.69) is 6.07 Å². The number of ether oxygens (including phenoxy) is 2. The summed E-state index contributed by atoms with van der Waals surface area (Å²) in [5.74, 6) is 0.836. The first-order valence-electron chi connectivity index (χ1n) is 7.96. The van der Waals surface area contributed by atoms with Gasteiger partial charge in [0.15, 0.2) is 5.06 Å². The first kappa shape index (κ1) is 18.6. The van der Waals surface area contributed by atoms with E-state index >= 15 is 0 Å². The number of halogens is 2. The number of para-hydroxylation sites is 1. The fraction of sp³-hybridized carbons (Fsp3) is 0.150. The van der Waals surface area contributed by atoms with Crippen LogP contribution >= 0.6 is 34.5 Å². The first-order valence-corrected chi connectivity index (χ1v) is 9.60. The van der Waals surface area contributed by atoms with Crippen LogP contribution in [0.15, 0.2) is 53.9 Å². The van der Waals surface area contributed by atoms with E-state index in [0.29, 0.717) is 33.9 Å². The molecule has 0 aliphatic heterocycles. The van der Waals surface area contributed by atoms with Gasteiger partial charge in [0.05, 0.1) is 23.3 Å². The zero-order chi connectivity index (χ0) is 18.4. The number of benzene rings is 2. The summed E-state index contributed by atoms with van der Waals surface area (Å²) in [4.78, 5) is 0. The van der Waals surface area contributed by atoms with Gasteiger partial charge in [0.1, 0.15) is 17.4 Å². The summed E-state index contributed by atoms with van der Waals surface area (Å²) in [5.41, 5.74) is 2.15. The van der Waals surface area contributed by atoms with Crippen molar-refractivity contribution in [3.05, 3.63) is 69.5 Å². The molecule has 0 aliphatic rings. The maximum absolute atomic E-state index is 9.52. The van der Waals surface area contributed by atoms with Crippen LogP contribution in [0.1, 0.15) is 12.0 Å². The first-order chi connectivity index (χ1) is 12.7. The Kier molecular flexibility index (Phi) is 6.40. The van der Waals surface area contributed by atoms with Gasteiger partial charge in [0, 0.05) is 17.4 Å². The predicted octanol–water partition coefficient (Wildman–Crippen LogP) is 6.44. The number of rotatable bonds is 7. The van der Waals surface area contributed by atoms with Gasteiger partial charge in [-0.15, -0.1) is 11.3 Å². The van der Waals surface area contributed by atoms with Gasteiger partial charge in [-0.25, -0.2) is 0 Å². The van der Waals surface area contributed by atoms with E-state index in [0.717, 1.165) is 23.3 Å². The molecule has 0 N–H and O–H groups in total. The SMILES string of the molecule is N#Cc1c(-c2ccc(Cl)c(Cl)c2)csc1OCCCOc1ccccc1. The molecule has 132 valence electrons. The highest BCUT2D eigenvalue weighted by Gasteiger charge is 2.15. The molecule has 0 bridgehead atoms. The molecule has 3 aromatic rings. The second kappa shape index (κ2) is 8.95. The summed E-state index contributed by atoms with van der Waals surface area (Å²) in [6, 6.07) is 17.2. The predicted molar refractivity (Wildman–Crippen MR) is 107 cm³/mol. The van der Waals surface area contributed by atoms with Crippen molar-refractivity contribution < 1.29 is 9.47 Å². The Labute approximate surface area is 166 Å². The molecule has 0 saturated carbocycles. The summed E-state index contributed by atoms with van der Waals surface area (Å²) in [6.07, 6.45) is 0.722. The monoisotopic (exact) mass is 403 g/mol. The van der Waals surface area contributed by atoms with E-state index in [1.807, 2.05) is 41.8 Å². The van der Waals surface area contributed by atoms with Gasteiger partial charge in [-0.1, -0.05) is 47.5 Å². The molecule has 2 aromatic carbocycles.